The Bertz CT molecular complexity index is 651. The van der Waals surface area contributed by atoms with E-state index < -0.39 is 10.0 Å². The Labute approximate surface area is 142 Å². The molecule has 1 aliphatic rings. The van der Waals surface area contributed by atoms with Crippen molar-refractivity contribution in [2.24, 2.45) is 5.92 Å². The van der Waals surface area contributed by atoms with E-state index >= 15 is 0 Å². The third-order valence-electron chi connectivity index (χ3n) is 3.76. The lowest BCUT2D eigenvalue weighted by atomic mass is 9.98. The average molecular weight is 364 g/mol. The van der Waals surface area contributed by atoms with Crippen LogP contribution in [0.5, 0.6) is 0 Å². The van der Waals surface area contributed by atoms with Crippen molar-refractivity contribution < 1.29 is 8.42 Å². The maximum Gasteiger partial charge on any atom is 0.243 e. The van der Waals surface area contributed by atoms with Gasteiger partial charge in [0.25, 0.3) is 0 Å². The number of rotatable bonds is 4. The van der Waals surface area contributed by atoms with E-state index in [-0.39, 0.29) is 27.9 Å². The van der Waals surface area contributed by atoms with Gasteiger partial charge in [0.15, 0.2) is 0 Å². The smallest absolute Gasteiger partial charge is 0.243 e. The number of benzene rings is 1. The Kier molecular flexibility index (Phi) is 7.10. The van der Waals surface area contributed by atoms with Crippen LogP contribution in [0.25, 0.3) is 0 Å². The molecule has 0 amide bonds. The van der Waals surface area contributed by atoms with E-state index in [0.717, 1.165) is 19.4 Å². The summed E-state index contributed by atoms with van der Waals surface area (Å²) in [5, 5.41) is 12.4. The molecule has 1 fully saturated rings. The molecule has 1 aliphatic heterocycles. The summed E-state index contributed by atoms with van der Waals surface area (Å²) in [6.07, 6.45) is 1.69. The molecule has 5 nitrogen and oxygen atoms in total. The standard InChI is InChI=1S/C14H18ClN3O2S.ClH/c1-17-10-11-4-6-18(7-5-11)21(19,20)13-2-3-14(15)12(8-13)9-16;/h2-3,8,11,17H,4-7,10H2,1H3;1H. The molecule has 0 unspecified atom stereocenters. The van der Waals surface area contributed by atoms with Crippen molar-refractivity contribution in [1.29, 1.82) is 5.26 Å². The fourth-order valence-electron chi connectivity index (χ4n) is 2.54. The summed E-state index contributed by atoms with van der Waals surface area (Å²) in [5.41, 5.74) is 0.183. The summed E-state index contributed by atoms with van der Waals surface area (Å²) < 4.78 is 26.7. The highest BCUT2D eigenvalue weighted by molar-refractivity contribution is 7.89. The first kappa shape index (κ1) is 19.2. The van der Waals surface area contributed by atoms with Gasteiger partial charge in [0, 0.05) is 13.1 Å². The minimum atomic E-state index is -3.55. The van der Waals surface area contributed by atoms with E-state index in [2.05, 4.69) is 5.32 Å². The molecular formula is C14H19Cl2N3O2S. The third-order valence-corrected chi connectivity index (χ3v) is 5.99. The second kappa shape index (κ2) is 8.14. The molecule has 0 bridgehead atoms. The van der Waals surface area contributed by atoms with Crippen molar-refractivity contribution in [3.8, 4) is 6.07 Å². The van der Waals surface area contributed by atoms with Gasteiger partial charge in [0.1, 0.15) is 6.07 Å². The van der Waals surface area contributed by atoms with Gasteiger partial charge in [0.2, 0.25) is 10.0 Å². The van der Waals surface area contributed by atoms with Gasteiger partial charge in [-0.2, -0.15) is 9.57 Å². The first-order chi connectivity index (χ1) is 9.98. The van der Waals surface area contributed by atoms with Gasteiger partial charge in [-0.1, -0.05) is 11.6 Å². The van der Waals surface area contributed by atoms with Crippen LogP contribution in [-0.4, -0.2) is 39.4 Å². The van der Waals surface area contributed by atoms with Crippen molar-refractivity contribution in [2.45, 2.75) is 17.7 Å². The largest absolute Gasteiger partial charge is 0.319 e. The molecule has 1 N–H and O–H groups in total. The predicted octanol–water partition coefficient (Wildman–Crippen LogP) is 2.25. The molecule has 0 saturated carbocycles. The number of nitrogens with zero attached hydrogens (tertiary/aromatic N) is 2. The van der Waals surface area contributed by atoms with Crippen LogP contribution in [0.15, 0.2) is 23.1 Å². The monoisotopic (exact) mass is 363 g/mol. The van der Waals surface area contributed by atoms with Crippen molar-refractivity contribution in [3.63, 3.8) is 0 Å². The van der Waals surface area contributed by atoms with E-state index in [0.29, 0.717) is 19.0 Å². The second-order valence-electron chi connectivity index (χ2n) is 5.16. The Balaban J connectivity index is 0.00000242. The second-order valence-corrected chi connectivity index (χ2v) is 7.50. The SMILES string of the molecule is CNCC1CCN(S(=O)(=O)c2ccc(Cl)c(C#N)c2)CC1.Cl. The predicted molar refractivity (Wildman–Crippen MR) is 88.8 cm³/mol. The molecule has 122 valence electrons. The number of sulfonamides is 1. The van der Waals surface area contributed by atoms with Crippen LogP contribution in [0.2, 0.25) is 5.02 Å². The minimum Gasteiger partial charge on any atom is -0.319 e. The number of halogens is 2. The highest BCUT2D eigenvalue weighted by Crippen LogP contribution is 2.26. The van der Waals surface area contributed by atoms with E-state index in [1.807, 2.05) is 13.1 Å². The van der Waals surface area contributed by atoms with Crippen LogP contribution in [0.3, 0.4) is 0 Å². The zero-order valence-electron chi connectivity index (χ0n) is 12.3. The Morgan fingerprint density at radius 3 is 2.59 bits per heavy atom. The van der Waals surface area contributed by atoms with Crippen LogP contribution < -0.4 is 5.32 Å². The summed E-state index contributed by atoms with van der Waals surface area (Å²) >= 11 is 5.85. The molecule has 0 atom stereocenters. The van der Waals surface area contributed by atoms with Gasteiger partial charge < -0.3 is 5.32 Å². The van der Waals surface area contributed by atoms with Gasteiger partial charge in [-0.05, 0) is 50.6 Å². The molecule has 1 aromatic rings. The topological polar surface area (TPSA) is 73.2 Å². The Morgan fingerprint density at radius 2 is 2.05 bits per heavy atom. The maximum atomic E-state index is 12.6. The number of piperidine rings is 1. The summed E-state index contributed by atoms with van der Waals surface area (Å²) in [5.74, 6) is 0.515. The fraction of sp³-hybridized carbons (Fsp3) is 0.500. The van der Waals surface area contributed by atoms with E-state index in [1.165, 1.54) is 22.5 Å². The van der Waals surface area contributed by atoms with E-state index in [4.69, 9.17) is 16.9 Å². The van der Waals surface area contributed by atoms with Gasteiger partial charge in [-0.25, -0.2) is 8.42 Å². The summed E-state index contributed by atoms with van der Waals surface area (Å²) in [4.78, 5) is 0.135. The van der Waals surface area contributed by atoms with Gasteiger partial charge in [0.05, 0.1) is 15.5 Å². The maximum absolute atomic E-state index is 12.6. The van der Waals surface area contributed by atoms with Crippen molar-refractivity contribution in [1.82, 2.24) is 9.62 Å². The molecule has 22 heavy (non-hydrogen) atoms. The molecule has 0 radical (unpaired) electrons. The zero-order chi connectivity index (χ0) is 15.5. The summed E-state index contributed by atoms with van der Waals surface area (Å²) in [6, 6.07) is 6.17. The molecule has 1 aromatic carbocycles. The molecule has 1 heterocycles. The summed E-state index contributed by atoms with van der Waals surface area (Å²) in [7, 11) is -1.64. The average Bonchev–Trinajstić information content (AvgIpc) is 2.48. The van der Waals surface area contributed by atoms with Crippen molar-refractivity contribution >= 4 is 34.0 Å². The Hall–Kier alpha value is -0.840. The lowest BCUT2D eigenvalue weighted by Gasteiger charge is -2.31. The number of nitrogens with one attached hydrogen (secondary N) is 1. The zero-order valence-corrected chi connectivity index (χ0v) is 14.6. The quantitative estimate of drug-likeness (QED) is 0.890. The van der Waals surface area contributed by atoms with Crippen molar-refractivity contribution in [3.05, 3.63) is 28.8 Å². The number of hydrogen-bond donors (Lipinski definition) is 1. The fourth-order valence-corrected chi connectivity index (χ4v) is 4.20. The summed E-state index contributed by atoms with van der Waals surface area (Å²) in [6.45, 7) is 1.94. The first-order valence-corrected chi connectivity index (χ1v) is 8.65. The van der Waals surface area contributed by atoms with E-state index in [9.17, 15) is 8.42 Å². The van der Waals surface area contributed by atoms with Crippen LogP contribution in [0, 0.1) is 17.2 Å². The van der Waals surface area contributed by atoms with Gasteiger partial charge >= 0.3 is 0 Å². The molecule has 1 saturated heterocycles. The molecule has 0 spiro atoms. The lowest BCUT2D eigenvalue weighted by Crippen LogP contribution is -2.40. The highest BCUT2D eigenvalue weighted by atomic mass is 35.5. The molecule has 8 heteroatoms. The highest BCUT2D eigenvalue weighted by Gasteiger charge is 2.29. The minimum absolute atomic E-state index is 0. The number of hydrogen-bond acceptors (Lipinski definition) is 4. The van der Waals surface area contributed by atoms with Crippen LogP contribution in [-0.2, 0) is 10.0 Å². The Morgan fingerprint density at radius 1 is 1.41 bits per heavy atom. The van der Waals surface area contributed by atoms with Gasteiger partial charge in [-0.15, -0.1) is 12.4 Å². The van der Waals surface area contributed by atoms with Crippen LogP contribution in [0.1, 0.15) is 18.4 Å². The lowest BCUT2D eigenvalue weighted by molar-refractivity contribution is 0.270. The molecule has 2 rings (SSSR count). The van der Waals surface area contributed by atoms with Gasteiger partial charge in [-0.3, -0.25) is 0 Å². The third kappa shape index (κ3) is 4.12. The normalized spacial score (nSPS) is 16.8. The first-order valence-electron chi connectivity index (χ1n) is 6.83. The molecular weight excluding hydrogens is 345 g/mol. The number of nitriles is 1. The van der Waals surface area contributed by atoms with Crippen molar-refractivity contribution in [2.75, 3.05) is 26.7 Å². The molecule has 0 aromatic heterocycles. The van der Waals surface area contributed by atoms with Crippen LogP contribution >= 0.6 is 24.0 Å². The van der Waals surface area contributed by atoms with E-state index in [1.54, 1.807) is 0 Å². The van der Waals surface area contributed by atoms with Crippen LogP contribution in [0.4, 0.5) is 0 Å². The molecule has 0 aliphatic carbocycles.